The van der Waals surface area contributed by atoms with Crippen molar-refractivity contribution in [1.82, 2.24) is 0 Å². The van der Waals surface area contributed by atoms with E-state index in [1.54, 1.807) is 37.3 Å². The first kappa shape index (κ1) is 27.6. The molecule has 3 heterocycles. The average Bonchev–Trinajstić information content (AvgIpc) is 3.32. The van der Waals surface area contributed by atoms with Gasteiger partial charge < -0.3 is 23.7 Å². The summed E-state index contributed by atoms with van der Waals surface area (Å²) < 4.78 is 30.2. The van der Waals surface area contributed by atoms with Gasteiger partial charge in [-0.05, 0) is 77.4 Å². The number of fused-ring (bicyclic) bond motifs is 6. The van der Waals surface area contributed by atoms with Gasteiger partial charge in [0.05, 0.1) is 30.3 Å². The predicted octanol–water partition coefficient (Wildman–Crippen LogP) is 7.39. The van der Waals surface area contributed by atoms with E-state index in [4.69, 9.17) is 23.7 Å². The molecule has 0 amide bonds. The molecule has 0 N–H and O–H groups in total. The Morgan fingerprint density at radius 3 is 2.50 bits per heavy atom. The van der Waals surface area contributed by atoms with Gasteiger partial charge in [0.15, 0.2) is 0 Å². The summed E-state index contributed by atoms with van der Waals surface area (Å²) in [4.78, 5) is 25.9. The molecule has 7 heteroatoms. The third-order valence-corrected chi connectivity index (χ3v) is 7.72. The highest BCUT2D eigenvalue weighted by Crippen LogP contribution is 2.54. The van der Waals surface area contributed by atoms with Crippen LogP contribution in [-0.4, -0.2) is 30.8 Å². The maximum atomic E-state index is 13.4. The number of carbonyl (C=O) groups is 2. The fraction of sp³-hybridized carbons (Fsp3) is 0.314. The molecule has 0 saturated heterocycles. The van der Waals surface area contributed by atoms with Gasteiger partial charge in [0.1, 0.15) is 34.7 Å². The molecule has 0 spiro atoms. The second-order valence-corrected chi connectivity index (χ2v) is 11.5. The highest BCUT2D eigenvalue weighted by molar-refractivity contribution is 6.03. The molecule has 42 heavy (non-hydrogen) atoms. The molecule has 2 unspecified atom stereocenters. The molecule has 3 aliphatic rings. The Balaban J connectivity index is 1.34. The third kappa shape index (κ3) is 5.04. The van der Waals surface area contributed by atoms with Crippen molar-refractivity contribution in [2.75, 3.05) is 13.2 Å². The number of carbonyl (C=O) groups excluding carboxylic acids is 2. The maximum absolute atomic E-state index is 13.4. The minimum absolute atomic E-state index is 0.0160. The number of hydrogen-bond donors (Lipinski definition) is 0. The Kier molecular flexibility index (Phi) is 7.05. The zero-order valence-electron chi connectivity index (χ0n) is 24.5. The van der Waals surface area contributed by atoms with Crippen LogP contribution in [0, 0.1) is 0 Å². The lowest BCUT2D eigenvalue weighted by Gasteiger charge is -2.30. The van der Waals surface area contributed by atoms with Crippen molar-refractivity contribution in [2.45, 2.75) is 58.7 Å². The first-order valence-electron chi connectivity index (χ1n) is 14.3. The van der Waals surface area contributed by atoms with E-state index in [0.29, 0.717) is 24.5 Å². The van der Waals surface area contributed by atoms with E-state index in [2.05, 4.69) is 24.3 Å². The van der Waals surface area contributed by atoms with Gasteiger partial charge in [-0.25, -0.2) is 9.59 Å². The molecule has 6 rings (SSSR count). The molecule has 2 atom stereocenters. The molecule has 3 aliphatic heterocycles. The van der Waals surface area contributed by atoms with E-state index in [9.17, 15) is 9.59 Å². The molecule has 0 fully saturated rings. The fourth-order valence-electron chi connectivity index (χ4n) is 5.65. The largest absolute Gasteiger partial charge is 0.492 e. The fourth-order valence-corrected chi connectivity index (χ4v) is 5.65. The van der Waals surface area contributed by atoms with Gasteiger partial charge in [0.2, 0.25) is 0 Å². The Morgan fingerprint density at radius 2 is 1.76 bits per heavy atom. The summed E-state index contributed by atoms with van der Waals surface area (Å²) in [5, 5.41) is 0. The minimum Gasteiger partial charge on any atom is -0.492 e. The molecule has 0 bridgehead atoms. The average molecular weight is 567 g/mol. The van der Waals surface area contributed by atoms with Gasteiger partial charge in [-0.3, -0.25) is 0 Å². The lowest BCUT2D eigenvalue weighted by atomic mass is 9.86. The van der Waals surface area contributed by atoms with E-state index >= 15 is 0 Å². The molecule has 0 radical (unpaired) electrons. The summed E-state index contributed by atoms with van der Waals surface area (Å²) in [6.45, 7) is 10.4. The number of hydrogen-bond acceptors (Lipinski definition) is 7. The molecule has 3 aromatic rings. The van der Waals surface area contributed by atoms with Gasteiger partial charge in [-0.15, -0.1) is 0 Å². The molecule has 0 aliphatic carbocycles. The van der Waals surface area contributed by atoms with Crippen LogP contribution in [0.15, 0.2) is 66.3 Å². The van der Waals surface area contributed by atoms with Gasteiger partial charge in [-0.1, -0.05) is 29.9 Å². The molecule has 7 nitrogen and oxygen atoms in total. The quantitative estimate of drug-likeness (QED) is 0.175. The van der Waals surface area contributed by atoms with Crippen molar-refractivity contribution < 1.29 is 33.3 Å². The number of allylic oxidation sites excluding steroid dienone is 2. The van der Waals surface area contributed by atoms with Crippen molar-refractivity contribution in [3.8, 4) is 23.0 Å². The van der Waals surface area contributed by atoms with Crippen LogP contribution >= 0.6 is 0 Å². The Labute approximate surface area is 245 Å². The van der Waals surface area contributed by atoms with Gasteiger partial charge in [-0.2, -0.15) is 0 Å². The van der Waals surface area contributed by atoms with Crippen LogP contribution in [0.5, 0.6) is 23.0 Å². The molecule has 0 saturated carbocycles. The summed E-state index contributed by atoms with van der Waals surface area (Å²) in [5.74, 6) is 1.43. The Hall–Kier alpha value is -4.52. The van der Waals surface area contributed by atoms with Crippen LogP contribution in [0.4, 0.5) is 0 Å². The van der Waals surface area contributed by atoms with E-state index in [0.717, 1.165) is 39.3 Å². The summed E-state index contributed by atoms with van der Waals surface area (Å²) in [6, 6.07) is 14.3. The van der Waals surface area contributed by atoms with Crippen molar-refractivity contribution in [3.63, 3.8) is 0 Å². The second kappa shape index (κ2) is 10.7. The second-order valence-electron chi connectivity index (χ2n) is 11.5. The molecular weight excluding hydrogens is 532 g/mol. The van der Waals surface area contributed by atoms with Crippen LogP contribution in [0.3, 0.4) is 0 Å². The highest BCUT2D eigenvalue weighted by atomic mass is 16.5. The highest BCUT2D eigenvalue weighted by Gasteiger charge is 2.43. The summed E-state index contributed by atoms with van der Waals surface area (Å²) in [5.41, 5.74) is 4.81. The summed E-state index contributed by atoms with van der Waals surface area (Å²) in [6.07, 6.45) is 6.48. The smallest absolute Gasteiger partial charge is 0.344 e. The molecule has 0 aromatic heterocycles. The van der Waals surface area contributed by atoms with Crippen LogP contribution in [0.2, 0.25) is 0 Å². The van der Waals surface area contributed by atoms with Gasteiger partial charge >= 0.3 is 11.9 Å². The predicted molar refractivity (Wildman–Crippen MR) is 159 cm³/mol. The number of esters is 2. The third-order valence-electron chi connectivity index (χ3n) is 7.72. The lowest BCUT2D eigenvalue weighted by Crippen LogP contribution is -2.27. The van der Waals surface area contributed by atoms with Gasteiger partial charge in [0.25, 0.3) is 0 Å². The zero-order chi connectivity index (χ0) is 29.6. The molecule has 216 valence electrons. The normalized spacial score (nSPS) is 18.6. The number of ether oxygens (including phenoxy) is 5. The standard InChI is InChI=1S/C35H34O7/c1-6-38-33(36)22-9-7-8-10-23(22)34(37)41-28-14-13-25-31(24(28)12-11-20(2)3)39-19-27-26-17-21-15-16-35(4,5)42-29(21)18-30(26)40-32(25)27/h7-11,13-18,27,32H,6,12,19H2,1-5H3. The Bertz CT molecular complexity index is 1640. The van der Waals surface area contributed by atoms with Crippen molar-refractivity contribution in [2.24, 2.45) is 0 Å². The van der Waals surface area contributed by atoms with Gasteiger partial charge in [0, 0.05) is 28.3 Å². The van der Waals surface area contributed by atoms with Crippen LogP contribution in [0.1, 0.15) is 89.6 Å². The van der Waals surface area contributed by atoms with E-state index in [1.165, 1.54) is 0 Å². The Morgan fingerprint density at radius 1 is 1.00 bits per heavy atom. The van der Waals surface area contributed by atoms with Crippen molar-refractivity contribution >= 4 is 18.0 Å². The van der Waals surface area contributed by atoms with E-state index in [-0.39, 0.29) is 35.4 Å². The van der Waals surface area contributed by atoms with E-state index < -0.39 is 11.9 Å². The lowest BCUT2D eigenvalue weighted by molar-refractivity contribution is 0.0517. The van der Waals surface area contributed by atoms with Crippen molar-refractivity contribution in [3.05, 3.63) is 99.6 Å². The van der Waals surface area contributed by atoms with Crippen LogP contribution in [-0.2, 0) is 11.2 Å². The minimum atomic E-state index is -0.642. The number of benzene rings is 3. The van der Waals surface area contributed by atoms with Crippen LogP contribution < -0.4 is 18.9 Å². The first-order chi connectivity index (χ1) is 20.1. The zero-order valence-corrected chi connectivity index (χ0v) is 24.5. The first-order valence-corrected chi connectivity index (χ1v) is 14.3. The van der Waals surface area contributed by atoms with Crippen molar-refractivity contribution in [1.29, 1.82) is 0 Å². The summed E-state index contributed by atoms with van der Waals surface area (Å²) >= 11 is 0. The SMILES string of the molecule is CCOC(=O)c1ccccc1C(=O)Oc1ccc2c(c1CC=C(C)C)OCC1c3cc4c(cc3OC21)OC(C)(C)C=C4. The monoisotopic (exact) mass is 566 g/mol. The molecular formula is C35H34O7. The number of rotatable bonds is 6. The maximum Gasteiger partial charge on any atom is 0.344 e. The molecule has 3 aromatic carbocycles. The topological polar surface area (TPSA) is 80.3 Å². The van der Waals surface area contributed by atoms with E-state index in [1.807, 2.05) is 39.8 Å². The summed E-state index contributed by atoms with van der Waals surface area (Å²) in [7, 11) is 0. The van der Waals surface area contributed by atoms with Crippen LogP contribution in [0.25, 0.3) is 6.08 Å².